The predicted molar refractivity (Wildman–Crippen MR) is 87.5 cm³/mol. The van der Waals surface area contributed by atoms with E-state index in [0.717, 1.165) is 6.07 Å². The van der Waals surface area contributed by atoms with Crippen molar-refractivity contribution < 1.29 is 14.0 Å². The summed E-state index contributed by atoms with van der Waals surface area (Å²) in [6.07, 6.45) is 0. The first-order valence-corrected chi connectivity index (χ1v) is 7.50. The van der Waals surface area contributed by atoms with Crippen molar-refractivity contribution in [3.05, 3.63) is 69.5 Å². The Bertz CT molecular complexity index is 700. The summed E-state index contributed by atoms with van der Waals surface area (Å²) in [5.41, 5.74) is 0.246. The zero-order valence-electron chi connectivity index (χ0n) is 11.9. The van der Waals surface area contributed by atoms with Gasteiger partial charge in [0, 0.05) is 23.7 Å². The number of nitrogens with one attached hydrogen (secondary N) is 2. The molecule has 0 heterocycles. The summed E-state index contributed by atoms with van der Waals surface area (Å²) >= 11 is 11.5. The summed E-state index contributed by atoms with van der Waals surface area (Å²) in [4.78, 5) is 23.7. The largest absolute Gasteiger partial charge is 0.350 e. The standard InChI is InChI=1S/C16H13Cl2FN2O2/c17-11-6-4-10(5-7-11)15(22)20-8-9-21-16(23)14-12(18)2-1-3-13(14)19/h1-7H,8-9H2,(H,20,22)(H,21,23). The lowest BCUT2D eigenvalue weighted by atomic mass is 10.2. The second-order valence-corrected chi connectivity index (χ2v) is 5.46. The highest BCUT2D eigenvalue weighted by molar-refractivity contribution is 6.33. The van der Waals surface area contributed by atoms with Gasteiger partial charge in [0.25, 0.3) is 11.8 Å². The first kappa shape index (κ1) is 17.2. The number of rotatable bonds is 5. The molecule has 120 valence electrons. The highest BCUT2D eigenvalue weighted by Gasteiger charge is 2.15. The summed E-state index contributed by atoms with van der Waals surface area (Å²) in [6, 6.07) is 10.4. The van der Waals surface area contributed by atoms with Gasteiger partial charge in [-0.25, -0.2) is 4.39 Å². The summed E-state index contributed by atoms with van der Waals surface area (Å²) in [6.45, 7) is 0.335. The zero-order valence-corrected chi connectivity index (χ0v) is 13.4. The highest BCUT2D eigenvalue weighted by atomic mass is 35.5. The van der Waals surface area contributed by atoms with Crippen molar-refractivity contribution in [1.82, 2.24) is 10.6 Å². The molecule has 0 aliphatic carbocycles. The molecule has 0 spiro atoms. The summed E-state index contributed by atoms with van der Waals surface area (Å²) in [5.74, 6) is -1.62. The Morgan fingerprint density at radius 2 is 1.52 bits per heavy atom. The average molecular weight is 355 g/mol. The maximum atomic E-state index is 13.6. The van der Waals surface area contributed by atoms with Crippen LogP contribution in [0.1, 0.15) is 20.7 Å². The molecule has 0 atom stereocenters. The van der Waals surface area contributed by atoms with E-state index in [9.17, 15) is 14.0 Å². The third-order valence-corrected chi connectivity index (χ3v) is 3.56. The number of halogens is 3. The molecular weight excluding hydrogens is 342 g/mol. The molecule has 4 nitrogen and oxygen atoms in total. The monoisotopic (exact) mass is 354 g/mol. The number of amides is 2. The van der Waals surface area contributed by atoms with Gasteiger partial charge < -0.3 is 10.6 Å². The topological polar surface area (TPSA) is 58.2 Å². The Kier molecular flexibility index (Phi) is 5.96. The molecule has 0 unspecified atom stereocenters. The van der Waals surface area contributed by atoms with E-state index < -0.39 is 11.7 Å². The molecule has 0 fully saturated rings. The first-order valence-electron chi connectivity index (χ1n) is 6.75. The van der Waals surface area contributed by atoms with Crippen LogP contribution in [-0.2, 0) is 0 Å². The lowest BCUT2D eigenvalue weighted by Crippen LogP contribution is -2.35. The van der Waals surface area contributed by atoms with Gasteiger partial charge in [0.1, 0.15) is 5.82 Å². The van der Waals surface area contributed by atoms with Crippen LogP contribution in [0, 0.1) is 5.82 Å². The Hall–Kier alpha value is -2.11. The molecule has 0 aliphatic heterocycles. The van der Waals surface area contributed by atoms with Gasteiger partial charge >= 0.3 is 0 Å². The Morgan fingerprint density at radius 3 is 2.13 bits per heavy atom. The average Bonchev–Trinajstić information content (AvgIpc) is 2.52. The van der Waals surface area contributed by atoms with E-state index in [-0.39, 0.29) is 29.6 Å². The van der Waals surface area contributed by atoms with Crippen LogP contribution in [0.2, 0.25) is 10.0 Å². The highest BCUT2D eigenvalue weighted by Crippen LogP contribution is 2.18. The molecule has 2 rings (SSSR count). The fourth-order valence-electron chi connectivity index (χ4n) is 1.86. The van der Waals surface area contributed by atoms with E-state index in [1.807, 2.05) is 0 Å². The van der Waals surface area contributed by atoms with Crippen molar-refractivity contribution in [2.75, 3.05) is 13.1 Å². The molecule has 7 heteroatoms. The van der Waals surface area contributed by atoms with Crippen molar-refractivity contribution in [3.8, 4) is 0 Å². The van der Waals surface area contributed by atoms with Gasteiger partial charge in [-0.05, 0) is 36.4 Å². The van der Waals surface area contributed by atoms with Gasteiger partial charge in [0.2, 0.25) is 0 Å². The molecule has 2 amide bonds. The second-order valence-electron chi connectivity index (χ2n) is 4.62. The maximum absolute atomic E-state index is 13.6. The van der Waals surface area contributed by atoms with Crippen LogP contribution in [0.25, 0.3) is 0 Å². The third kappa shape index (κ3) is 4.68. The first-order chi connectivity index (χ1) is 11.0. The van der Waals surface area contributed by atoms with Gasteiger partial charge in [-0.2, -0.15) is 0 Å². The Balaban J connectivity index is 1.82. The van der Waals surface area contributed by atoms with E-state index in [0.29, 0.717) is 10.6 Å². The lowest BCUT2D eigenvalue weighted by Gasteiger charge is -2.09. The molecule has 0 aromatic heterocycles. The summed E-state index contributed by atoms with van der Waals surface area (Å²) < 4.78 is 13.6. The minimum atomic E-state index is -0.694. The van der Waals surface area contributed by atoms with Crippen LogP contribution < -0.4 is 10.6 Å². The van der Waals surface area contributed by atoms with Gasteiger partial charge in [0.15, 0.2) is 0 Å². The van der Waals surface area contributed by atoms with Gasteiger partial charge in [-0.15, -0.1) is 0 Å². The molecule has 0 saturated carbocycles. The fourth-order valence-corrected chi connectivity index (χ4v) is 2.23. The molecule has 0 aliphatic rings. The number of hydrogen-bond donors (Lipinski definition) is 2. The van der Waals surface area contributed by atoms with Crippen LogP contribution in [0.3, 0.4) is 0 Å². The number of hydrogen-bond acceptors (Lipinski definition) is 2. The molecule has 23 heavy (non-hydrogen) atoms. The second kappa shape index (κ2) is 7.94. The minimum Gasteiger partial charge on any atom is -0.350 e. The van der Waals surface area contributed by atoms with Crippen LogP contribution in [0.5, 0.6) is 0 Å². The van der Waals surface area contributed by atoms with Crippen molar-refractivity contribution in [2.24, 2.45) is 0 Å². The van der Waals surface area contributed by atoms with Crippen LogP contribution in [0.15, 0.2) is 42.5 Å². The van der Waals surface area contributed by atoms with Crippen molar-refractivity contribution in [3.63, 3.8) is 0 Å². The van der Waals surface area contributed by atoms with Crippen molar-refractivity contribution in [1.29, 1.82) is 0 Å². The van der Waals surface area contributed by atoms with Crippen LogP contribution in [0.4, 0.5) is 4.39 Å². The van der Waals surface area contributed by atoms with Crippen LogP contribution >= 0.6 is 23.2 Å². The van der Waals surface area contributed by atoms with Crippen LogP contribution in [-0.4, -0.2) is 24.9 Å². The van der Waals surface area contributed by atoms with E-state index in [4.69, 9.17) is 23.2 Å². The fraction of sp³-hybridized carbons (Fsp3) is 0.125. The summed E-state index contributed by atoms with van der Waals surface area (Å²) in [7, 11) is 0. The minimum absolute atomic E-state index is 0.0349. The molecule has 0 radical (unpaired) electrons. The zero-order chi connectivity index (χ0) is 16.8. The van der Waals surface area contributed by atoms with E-state index in [1.165, 1.54) is 12.1 Å². The molecule has 2 N–H and O–H groups in total. The quantitative estimate of drug-likeness (QED) is 0.809. The van der Waals surface area contributed by atoms with Crippen molar-refractivity contribution >= 4 is 35.0 Å². The predicted octanol–water partition coefficient (Wildman–Crippen LogP) is 3.29. The SMILES string of the molecule is O=C(NCCNC(=O)c1c(F)cccc1Cl)c1ccc(Cl)cc1. The van der Waals surface area contributed by atoms with Crippen molar-refractivity contribution in [2.45, 2.75) is 0 Å². The molecule has 2 aromatic rings. The smallest absolute Gasteiger partial charge is 0.255 e. The van der Waals surface area contributed by atoms with E-state index in [1.54, 1.807) is 24.3 Å². The number of carbonyl (C=O) groups excluding carboxylic acids is 2. The molecule has 0 saturated heterocycles. The van der Waals surface area contributed by atoms with E-state index >= 15 is 0 Å². The summed E-state index contributed by atoms with van der Waals surface area (Å²) in [5, 5.41) is 5.70. The Labute approximate surface area is 142 Å². The lowest BCUT2D eigenvalue weighted by molar-refractivity contribution is 0.0925. The third-order valence-electron chi connectivity index (χ3n) is 2.99. The normalized spacial score (nSPS) is 10.2. The number of benzene rings is 2. The molecule has 2 aromatic carbocycles. The Morgan fingerprint density at radius 1 is 0.913 bits per heavy atom. The van der Waals surface area contributed by atoms with E-state index in [2.05, 4.69) is 10.6 Å². The molecular formula is C16H13Cl2FN2O2. The maximum Gasteiger partial charge on any atom is 0.255 e. The molecule has 0 bridgehead atoms. The van der Waals surface area contributed by atoms with Gasteiger partial charge in [0.05, 0.1) is 10.6 Å². The number of carbonyl (C=O) groups is 2. The van der Waals surface area contributed by atoms with Gasteiger partial charge in [-0.1, -0.05) is 29.3 Å². The van der Waals surface area contributed by atoms with Gasteiger partial charge in [-0.3, -0.25) is 9.59 Å².